The molecule has 1 aliphatic rings. The summed E-state index contributed by atoms with van der Waals surface area (Å²) < 4.78 is 1.79. The molecule has 0 unspecified atom stereocenters. The topological polar surface area (TPSA) is 46.9 Å². The Morgan fingerprint density at radius 1 is 1.23 bits per heavy atom. The van der Waals surface area contributed by atoms with Crippen LogP contribution in [0.25, 0.3) is 10.2 Å². The summed E-state index contributed by atoms with van der Waals surface area (Å²) in [7, 11) is 0. The minimum atomic E-state index is 0.0475. The van der Waals surface area contributed by atoms with Gasteiger partial charge in [0, 0.05) is 22.5 Å². The van der Waals surface area contributed by atoms with E-state index in [1.807, 2.05) is 38.1 Å². The van der Waals surface area contributed by atoms with Gasteiger partial charge in [0.05, 0.1) is 5.39 Å². The molecule has 0 radical (unpaired) electrons. The number of anilines is 1. The van der Waals surface area contributed by atoms with Crippen LogP contribution >= 0.6 is 22.9 Å². The highest BCUT2D eigenvalue weighted by atomic mass is 35.5. The van der Waals surface area contributed by atoms with E-state index in [0.717, 1.165) is 40.1 Å². The molecule has 1 N–H and O–H groups in total. The van der Waals surface area contributed by atoms with E-state index >= 15 is 0 Å². The van der Waals surface area contributed by atoms with Crippen LogP contribution in [0.2, 0.25) is 5.02 Å². The van der Waals surface area contributed by atoms with Gasteiger partial charge in [-0.15, -0.1) is 11.3 Å². The second-order valence-electron chi connectivity index (χ2n) is 7.08. The number of benzene rings is 1. The molecule has 6 heteroatoms. The number of halogens is 1. The molecule has 26 heavy (non-hydrogen) atoms. The monoisotopic (exact) mass is 387 g/mol. The lowest BCUT2D eigenvalue weighted by molar-refractivity contribution is 0.579. The summed E-state index contributed by atoms with van der Waals surface area (Å²) in [5, 5.41) is 4.92. The molecule has 1 aromatic carbocycles. The second kappa shape index (κ2) is 7.05. The Bertz CT molecular complexity index is 1000. The molecular formula is C20H22ClN3OS. The molecule has 0 spiro atoms. The lowest BCUT2D eigenvalue weighted by Crippen LogP contribution is -2.27. The molecule has 0 fully saturated rings. The van der Waals surface area contributed by atoms with Crippen molar-refractivity contribution in [1.82, 2.24) is 9.55 Å². The Kier molecular flexibility index (Phi) is 4.76. The number of fused-ring (bicyclic) bond motifs is 3. The van der Waals surface area contributed by atoms with E-state index in [-0.39, 0.29) is 11.6 Å². The number of rotatable bonds is 4. The Morgan fingerprint density at radius 2 is 1.96 bits per heavy atom. The van der Waals surface area contributed by atoms with Crippen molar-refractivity contribution < 1.29 is 0 Å². The van der Waals surface area contributed by atoms with E-state index in [0.29, 0.717) is 12.5 Å². The molecule has 1 aliphatic carbocycles. The van der Waals surface area contributed by atoms with Gasteiger partial charge in [-0.25, -0.2) is 4.98 Å². The first-order chi connectivity index (χ1) is 12.5. The van der Waals surface area contributed by atoms with Crippen molar-refractivity contribution in [2.45, 2.75) is 52.1 Å². The Hall–Kier alpha value is -1.85. The number of aryl methyl sites for hydroxylation is 2. The number of nitrogens with zero attached hydrogens (tertiary/aromatic N) is 2. The van der Waals surface area contributed by atoms with Crippen molar-refractivity contribution in [3.05, 3.63) is 55.6 Å². The molecular weight excluding hydrogens is 366 g/mol. The fourth-order valence-corrected chi connectivity index (χ4v) is 4.98. The van der Waals surface area contributed by atoms with Crippen LogP contribution in [-0.2, 0) is 19.4 Å². The van der Waals surface area contributed by atoms with Gasteiger partial charge < -0.3 is 5.32 Å². The smallest absolute Gasteiger partial charge is 0.264 e. The van der Waals surface area contributed by atoms with E-state index in [2.05, 4.69) is 5.32 Å². The zero-order valence-corrected chi connectivity index (χ0v) is 16.6. The first kappa shape index (κ1) is 17.6. The highest BCUT2D eigenvalue weighted by Crippen LogP contribution is 2.34. The summed E-state index contributed by atoms with van der Waals surface area (Å²) in [6, 6.07) is 7.76. The van der Waals surface area contributed by atoms with Crippen molar-refractivity contribution in [1.29, 1.82) is 0 Å². The van der Waals surface area contributed by atoms with Gasteiger partial charge >= 0.3 is 0 Å². The minimum absolute atomic E-state index is 0.0475. The predicted molar refractivity (Wildman–Crippen MR) is 110 cm³/mol. The summed E-state index contributed by atoms with van der Waals surface area (Å²) in [6.45, 7) is 4.66. The molecule has 3 aromatic rings. The lowest BCUT2D eigenvalue weighted by Gasteiger charge is -2.17. The van der Waals surface area contributed by atoms with Crippen molar-refractivity contribution in [3.8, 4) is 0 Å². The molecule has 0 atom stereocenters. The van der Waals surface area contributed by atoms with Crippen molar-refractivity contribution in [3.63, 3.8) is 0 Å². The summed E-state index contributed by atoms with van der Waals surface area (Å²) in [4.78, 5) is 20.3. The van der Waals surface area contributed by atoms with Gasteiger partial charge in [0.1, 0.15) is 4.83 Å². The van der Waals surface area contributed by atoms with E-state index in [1.165, 1.54) is 16.9 Å². The van der Waals surface area contributed by atoms with Crippen LogP contribution in [0, 0.1) is 0 Å². The van der Waals surface area contributed by atoms with Gasteiger partial charge in [-0.2, -0.15) is 0 Å². The first-order valence-corrected chi connectivity index (χ1v) is 10.3. The van der Waals surface area contributed by atoms with Gasteiger partial charge in [0.2, 0.25) is 5.95 Å². The zero-order chi connectivity index (χ0) is 18.3. The van der Waals surface area contributed by atoms with E-state index in [9.17, 15) is 4.79 Å². The van der Waals surface area contributed by atoms with E-state index < -0.39 is 0 Å². The van der Waals surface area contributed by atoms with Crippen LogP contribution in [0.15, 0.2) is 29.1 Å². The quantitative estimate of drug-likeness (QED) is 0.670. The molecule has 136 valence electrons. The molecule has 2 heterocycles. The van der Waals surface area contributed by atoms with Gasteiger partial charge in [0.15, 0.2) is 0 Å². The van der Waals surface area contributed by atoms with Gasteiger partial charge in [-0.1, -0.05) is 23.7 Å². The maximum Gasteiger partial charge on any atom is 0.264 e. The molecule has 4 rings (SSSR count). The third-order valence-electron chi connectivity index (χ3n) is 4.90. The van der Waals surface area contributed by atoms with Crippen LogP contribution in [-0.4, -0.2) is 9.55 Å². The first-order valence-electron chi connectivity index (χ1n) is 9.09. The summed E-state index contributed by atoms with van der Waals surface area (Å²) in [5.41, 5.74) is 2.43. The average molecular weight is 388 g/mol. The van der Waals surface area contributed by atoms with Crippen LogP contribution < -0.4 is 10.9 Å². The highest BCUT2D eigenvalue weighted by Gasteiger charge is 2.22. The molecule has 0 bridgehead atoms. The highest BCUT2D eigenvalue weighted by molar-refractivity contribution is 7.18. The number of nitrogens with one attached hydrogen (secondary N) is 1. The van der Waals surface area contributed by atoms with Crippen LogP contribution in [0.5, 0.6) is 0 Å². The number of hydrogen-bond acceptors (Lipinski definition) is 4. The Labute approximate surface area is 161 Å². The van der Waals surface area contributed by atoms with Crippen molar-refractivity contribution >= 4 is 39.1 Å². The third-order valence-corrected chi connectivity index (χ3v) is 6.34. The summed E-state index contributed by atoms with van der Waals surface area (Å²) in [6.07, 6.45) is 4.45. The molecule has 2 aromatic heterocycles. The van der Waals surface area contributed by atoms with Gasteiger partial charge in [0.25, 0.3) is 5.56 Å². The maximum absolute atomic E-state index is 13.3. The maximum atomic E-state index is 13.3. The normalized spacial score (nSPS) is 14.0. The Balaban J connectivity index is 1.77. The molecule has 0 saturated carbocycles. The fraction of sp³-hybridized carbons (Fsp3) is 0.400. The molecule has 0 aliphatic heterocycles. The van der Waals surface area contributed by atoms with E-state index in [1.54, 1.807) is 15.9 Å². The van der Waals surface area contributed by atoms with Crippen LogP contribution in [0.3, 0.4) is 0 Å². The van der Waals surface area contributed by atoms with Crippen LogP contribution in [0.4, 0.5) is 5.95 Å². The molecule has 4 nitrogen and oxygen atoms in total. The van der Waals surface area contributed by atoms with Crippen molar-refractivity contribution in [2.24, 2.45) is 0 Å². The molecule has 0 amide bonds. The van der Waals surface area contributed by atoms with Gasteiger partial charge in [-0.05, 0) is 62.8 Å². The number of hydrogen-bond donors (Lipinski definition) is 1. The fourth-order valence-electron chi connectivity index (χ4n) is 3.60. The average Bonchev–Trinajstić information content (AvgIpc) is 2.99. The molecule has 0 saturated heterocycles. The standard InChI is InChI=1S/C20H22ClN3OS/c1-12(2)24-19(25)17-15-5-3-4-6-16(15)26-18(17)23-20(24)22-11-13-7-9-14(21)10-8-13/h7-10,12H,3-6,11H2,1-2H3,(H,22,23). The zero-order valence-electron chi connectivity index (χ0n) is 15.0. The minimum Gasteiger partial charge on any atom is -0.351 e. The predicted octanol–water partition coefficient (Wildman–Crippen LogP) is 5.18. The van der Waals surface area contributed by atoms with Gasteiger partial charge in [-0.3, -0.25) is 9.36 Å². The van der Waals surface area contributed by atoms with E-state index in [4.69, 9.17) is 16.6 Å². The number of aromatic nitrogens is 2. The Morgan fingerprint density at radius 3 is 2.69 bits per heavy atom. The summed E-state index contributed by atoms with van der Waals surface area (Å²) in [5.74, 6) is 0.644. The number of thiophene rings is 1. The van der Waals surface area contributed by atoms with Crippen LogP contribution in [0.1, 0.15) is 48.7 Å². The van der Waals surface area contributed by atoms with Crippen molar-refractivity contribution in [2.75, 3.05) is 5.32 Å². The third kappa shape index (κ3) is 3.14. The summed E-state index contributed by atoms with van der Waals surface area (Å²) >= 11 is 7.64. The largest absolute Gasteiger partial charge is 0.351 e. The lowest BCUT2D eigenvalue weighted by atomic mass is 9.97. The second-order valence-corrected chi connectivity index (χ2v) is 8.60. The SMILES string of the molecule is CC(C)n1c(NCc2ccc(Cl)cc2)nc2sc3c(c2c1=O)CCCC3.